The van der Waals surface area contributed by atoms with Crippen LogP contribution in [0.3, 0.4) is 0 Å². The van der Waals surface area contributed by atoms with Crippen LogP contribution < -0.4 is 5.73 Å². The summed E-state index contributed by atoms with van der Waals surface area (Å²) in [6.07, 6.45) is 3.26. The van der Waals surface area contributed by atoms with E-state index in [0.29, 0.717) is 13.0 Å². The van der Waals surface area contributed by atoms with Crippen LogP contribution in [0, 0.1) is 5.41 Å². The van der Waals surface area contributed by atoms with Crippen molar-refractivity contribution in [3.05, 3.63) is 24.0 Å². The lowest BCUT2D eigenvalue weighted by atomic mass is 9.89. The fourth-order valence-corrected chi connectivity index (χ4v) is 1.55. The van der Waals surface area contributed by atoms with Gasteiger partial charge < -0.3 is 15.6 Å². The second-order valence-electron chi connectivity index (χ2n) is 5.31. The summed E-state index contributed by atoms with van der Waals surface area (Å²) in [5.41, 5.74) is 6.67. The molecule has 1 aromatic rings. The first-order valence-electron chi connectivity index (χ1n) is 6.01. The lowest BCUT2D eigenvalue weighted by Gasteiger charge is -2.25. The zero-order valence-electron chi connectivity index (χ0n) is 11.0. The zero-order chi connectivity index (χ0) is 12.9. The highest BCUT2D eigenvalue weighted by Crippen LogP contribution is 2.19. The van der Waals surface area contributed by atoms with Gasteiger partial charge in [-0.2, -0.15) is 0 Å². The molecule has 96 valence electrons. The van der Waals surface area contributed by atoms with E-state index in [2.05, 4.69) is 4.98 Å². The van der Waals surface area contributed by atoms with Crippen molar-refractivity contribution in [3.63, 3.8) is 0 Å². The average Bonchev–Trinajstić information content (AvgIpc) is 2.78. The summed E-state index contributed by atoms with van der Waals surface area (Å²) in [4.78, 5) is 16.8. The number of likely N-dealkylation sites (N-methyl/N-ethyl adjacent to an activating group) is 1. The van der Waals surface area contributed by atoms with Gasteiger partial charge in [-0.15, -0.1) is 0 Å². The number of carbonyl (C=O) groups excluding carboxylic acids is 1. The molecule has 3 N–H and O–H groups in total. The fraction of sp³-hybridized carbons (Fsp3) is 0.615. The Labute approximate surface area is 103 Å². The summed E-state index contributed by atoms with van der Waals surface area (Å²) in [7, 11) is 1.85. The molecule has 0 saturated carbocycles. The molecule has 0 saturated heterocycles. The molecule has 4 nitrogen and oxygen atoms in total. The minimum absolute atomic E-state index is 0.113. The third-order valence-electron chi connectivity index (χ3n) is 2.99. The number of rotatable bonds is 6. The highest BCUT2D eigenvalue weighted by atomic mass is 16.2. The first-order valence-corrected chi connectivity index (χ1v) is 6.01. The Morgan fingerprint density at radius 1 is 1.53 bits per heavy atom. The molecule has 0 aliphatic heterocycles. The van der Waals surface area contributed by atoms with E-state index >= 15 is 0 Å². The van der Waals surface area contributed by atoms with Crippen LogP contribution in [0.15, 0.2) is 18.3 Å². The van der Waals surface area contributed by atoms with E-state index in [4.69, 9.17) is 5.73 Å². The van der Waals surface area contributed by atoms with Crippen LogP contribution in [0.25, 0.3) is 0 Å². The predicted molar refractivity (Wildman–Crippen MR) is 69.6 cm³/mol. The zero-order valence-corrected chi connectivity index (χ0v) is 11.0. The number of nitrogens with two attached hydrogens (primary N) is 1. The summed E-state index contributed by atoms with van der Waals surface area (Å²) >= 11 is 0. The third kappa shape index (κ3) is 4.61. The van der Waals surface area contributed by atoms with E-state index in [-0.39, 0.29) is 11.3 Å². The van der Waals surface area contributed by atoms with Crippen LogP contribution in [-0.2, 0) is 11.2 Å². The highest BCUT2D eigenvalue weighted by Gasteiger charge is 2.22. The molecule has 0 spiro atoms. The molecule has 0 aromatic carbocycles. The summed E-state index contributed by atoms with van der Waals surface area (Å²) < 4.78 is 0. The Hall–Kier alpha value is -1.29. The molecular weight excluding hydrogens is 214 g/mol. The number of carbonyl (C=O) groups is 1. The Kier molecular flexibility index (Phi) is 4.75. The van der Waals surface area contributed by atoms with Gasteiger partial charge in [-0.1, -0.05) is 13.8 Å². The fourth-order valence-electron chi connectivity index (χ4n) is 1.55. The number of aromatic nitrogens is 1. The van der Waals surface area contributed by atoms with Crippen molar-refractivity contribution in [3.8, 4) is 0 Å². The van der Waals surface area contributed by atoms with E-state index in [1.165, 1.54) is 0 Å². The minimum Gasteiger partial charge on any atom is -0.365 e. The van der Waals surface area contributed by atoms with Gasteiger partial charge in [-0.25, -0.2) is 0 Å². The van der Waals surface area contributed by atoms with Crippen molar-refractivity contribution >= 4 is 5.91 Å². The van der Waals surface area contributed by atoms with E-state index in [9.17, 15) is 4.79 Å². The van der Waals surface area contributed by atoms with E-state index in [1.54, 1.807) is 4.90 Å². The number of H-pyrrole nitrogens is 1. The third-order valence-corrected chi connectivity index (χ3v) is 2.99. The van der Waals surface area contributed by atoms with Gasteiger partial charge in [-0.05, 0) is 24.1 Å². The SMILES string of the molecule is CN(CCc1ccc[nH]1)C(=O)CC(C)(C)CN. The second-order valence-corrected chi connectivity index (χ2v) is 5.31. The van der Waals surface area contributed by atoms with Crippen LogP contribution in [-0.4, -0.2) is 35.9 Å². The summed E-state index contributed by atoms with van der Waals surface area (Å²) in [6, 6.07) is 4.00. The molecule has 0 unspecified atom stereocenters. The maximum absolute atomic E-state index is 11.9. The molecule has 0 atom stereocenters. The largest absolute Gasteiger partial charge is 0.365 e. The maximum atomic E-state index is 11.9. The molecule has 1 rings (SSSR count). The lowest BCUT2D eigenvalue weighted by Crippen LogP contribution is -2.35. The van der Waals surface area contributed by atoms with Gasteiger partial charge in [0.15, 0.2) is 0 Å². The number of hydrogen-bond acceptors (Lipinski definition) is 2. The molecule has 1 amide bonds. The number of nitrogens with zero attached hydrogens (tertiary/aromatic N) is 1. The van der Waals surface area contributed by atoms with E-state index in [0.717, 1.165) is 18.7 Å². The summed E-state index contributed by atoms with van der Waals surface area (Å²) in [5, 5.41) is 0. The molecule has 0 fully saturated rings. The minimum atomic E-state index is -0.113. The lowest BCUT2D eigenvalue weighted by molar-refractivity contribution is -0.131. The van der Waals surface area contributed by atoms with Crippen molar-refractivity contribution in [2.45, 2.75) is 26.7 Å². The van der Waals surface area contributed by atoms with E-state index < -0.39 is 0 Å². The van der Waals surface area contributed by atoms with Crippen LogP contribution in [0.4, 0.5) is 0 Å². The number of nitrogens with one attached hydrogen (secondary N) is 1. The van der Waals surface area contributed by atoms with Gasteiger partial charge in [-0.3, -0.25) is 4.79 Å². The summed E-state index contributed by atoms with van der Waals surface area (Å²) in [5.74, 6) is 0.159. The Balaban J connectivity index is 2.37. The van der Waals surface area contributed by atoms with Crippen LogP contribution >= 0.6 is 0 Å². The Morgan fingerprint density at radius 2 is 2.24 bits per heavy atom. The molecule has 4 heteroatoms. The van der Waals surface area contributed by atoms with Gasteiger partial charge in [0.05, 0.1) is 0 Å². The Bertz CT molecular complexity index is 344. The quantitative estimate of drug-likeness (QED) is 0.785. The van der Waals surface area contributed by atoms with Gasteiger partial charge in [0.25, 0.3) is 0 Å². The van der Waals surface area contributed by atoms with Crippen LogP contribution in [0.2, 0.25) is 0 Å². The van der Waals surface area contributed by atoms with Gasteiger partial charge in [0.1, 0.15) is 0 Å². The van der Waals surface area contributed by atoms with Crippen molar-refractivity contribution in [1.82, 2.24) is 9.88 Å². The van der Waals surface area contributed by atoms with E-state index in [1.807, 2.05) is 39.2 Å². The first-order chi connectivity index (χ1) is 7.94. The first kappa shape index (κ1) is 13.8. The maximum Gasteiger partial charge on any atom is 0.222 e. The number of hydrogen-bond donors (Lipinski definition) is 2. The van der Waals surface area contributed by atoms with Gasteiger partial charge >= 0.3 is 0 Å². The molecule has 0 radical (unpaired) electrons. The van der Waals surface area contributed by atoms with Gasteiger partial charge in [0.2, 0.25) is 5.91 Å². The standard InChI is InChI=1S/C13H23N3O/c1-13(2,10-14)9-12(17)16(3)8-6-11-5-4-7-15-11/h4-5,7,15H,6,8-10,14H2,1-3H3. The average molecular weight is 237 g/mol. The summed E-state index contributed by atoms with van der Waals surface area (Å²) in [6.45, 7) is 5.30. The number of amides is 1. The van der Waals surface area contributed by atoms with Crippen LogP contribution in [0.5, 0.6) is 0 Å². The second kappa shape index (κ2) is 5.87. The van der Waals surface area contributed by atoms with Gasteiger partial charge in [0, 0.05) is 38.3 Å². The molecular formula is C13H23N3O. The Morgan fingerprint density at radius 3 is 2.76 bits per heavy atom. The highest BCUT2D eigenvalue weighted by molar-refractivity contribution is 5.76. The van der Waals surface area contributed by atoms with Crippen molar-refractivity contribution in [1.29, 1.82) is 0 Å². The predicted octanol–water partition coefficient (Wildman–Crippen LogP) is 1.39. The molecule has 1 aromatic heterocycles. The molecule has 0 bridgehead atoms. The molecule has 0 aliphatic rings. The number of aromatic amines is 1. The normalized spacial score (nSPS) is 11.5. The van der Waals surface area contributed by atoms with Crippen molar-refractivity contribution in [2.24, 2.45) is 11.1 Å². The molecule has 17 heavy (non-hydrogen) atoms. The topological polar surface area (TPSA) is 62.1 Å². The van der Waals surface area contributed by atoms with Crippen molar-refractivity contribution in [2.75, 3.05) is 20.1 Å². The monoisotopic (exact) mass is 237 g/mol. The smallest absolute Gasteiger partial charge is 0.222 e. The van der Waals surface area contributed by atoms with Crippen LogP contribution in [0.1, 0.15) is 26.0 Å². The molecule has 0 aliphatic carbocycles. The van der Waals surface area contributed by atoms with Crippen molar-refractivity contribution < 1.29 is 4.79 Å². The molecule has 1 heterocycles.